The van der Waals surface area contributed by atoms with E-state index in [1.807, 2.05) is 47.7 Å². The maximum Gasteiger partial charge on any atom is 0.164 e. The molecule has 290 valence electrons. The molecule has 0 atom stereocenters. The van der Waals surface area contributed by atoms with E-state index in [0.717, 1.165) is 38.9 Å². The second kappa shape index (κ2) is 14.9. The van der Waals surface area contributed by atoms with E-state index in [4.69, 9.17) is 15.0 Å². The number of para-hydroxylation sites is 2. The summed E-state index contributed by atoms with van der Waals surface area (Å²) >= 11 is 1.85. The van der Waals surface area contributed by atoms with E-state index in [-0.39, 0.29) is 0 Å². The van der Waals surface area contributed by atoms with Crippen molar-refractivity contribution >= 4 is 53.3 Å². The van der Waals surface area contributed by atoms with Gasteiger partial charge in [-0.25, -0.2) is 15.0 Å². The van der Waals surface area contributed by atoms with Crippen LogP contribution in [0, 0.1) is 0 Å². The summed E-state index contributed by atoms with van der Waals surface area (Å²) in [6.07, 6.45) is 0. The number of benzene rings is 9. The van der Waals surface area contributed by atoms with Gasteiger partial charge in [0.2, 0.25) is 0 Å². The zero-order valence-electron chi connectivity index (χ0n) is 33.5. The van der Waals surface area contributed by atoms with Crippen LogP contribution in [0.25, 0.3) is 115 Å². The molecular formula is C57H36N4S. The molecule has 0 N–H and O–H groups in total. The van der Waals surface area contributed by atoms with Crippen molar-refractivity contribution in [2.45, 2.75) is 0 Å². The van der Waals surface area contributed by atoms with Gasteiger partial charge in [-0.15, -0.1) is 11.3 Å². The molecular weight excluding hydrogens is 773 g/mol. The van der Waals surface area contributed by atoms with Crippen molar-refractivity contribution in [2.75, 3.05) is 0 Å². The average molecular weight is 809 g/mol. The number of hydrogen-bond acceptors (Lipinski definition) is 4. The minimum atomic E-state index is 0.642. The summed E-state index contributed by atoms with van der Waals surface area (Å²) in [5.41, 5.74) is 13.4. The van der Waals surface area contributed by atoms with E-state index in [1.54, 1.807) is 0 Å². The maximum absolute atomic E-state index is 5.27. The summed E-state index contributed by atoms with van der Waals surface area (Å²) in [5.74, 6) is 1.93. The number of hydrogen-bond donors (Lipinski definition) is 0. The largest absolute Gasteiger partial charge is 0.309 e. The van der Waals surface area contributed by atoms with E-state index in [1.165, 1.54) is 58.8 Å². The van der Waals surface area contributed by atoms with Crippen LogP contribution in [0.1, 0.15) is 0 Å². The van der Waals surface area contributed by atoms with Crippen molar-refractivity contribution in [2.24, 2.45) is 0 Å². The third kappa shape index (κ3) is 6.09. The molecule has 12 aromatic rings. The van der Waals surface area contributed by atoms with Crippen LogP contribution in [0.4, 0.5) is 0 Å². The van der Waals surface area contributed by atoms with E-state index in [2.05, 4.69) is 187 Å². The van der Waals surface area contributed by atoms with Gasteiger partial charge in [0.15, 0.2) is 17.5 Å². The van der Waals surface area contributed by atoms with Gasteiger partial charge in [0, 0.05) is 58.9 Å². The zero-order valence-corrected chi connectivity index (χ0v) is 34.3. The van der Waals surface area contributed by atoms with Gasteiger partial charge in [0.05, 0.1) is 11.0 Å². The molecule has 3 heterocycles. The molecule has 3 aromatic heterocycles. The van der Waals surface area contributed by atoms with E-state index in [0.29, 0.717) is 17.5 Å². The lowest BCUT2D eigenvalue weighted by Crippen LogP contribution is -2.00. The van der Waals surface area contributed by atoms with Gasteiger partial charge in [0.1, 0.15) is 0 Å². The van der Waals surface area contributed by atoms with Gasteiger partial charge in [-0.1, -0.05) is 170 Å². The zero-order chi connectivity index (χ0) is 41.0. The fourth-order valence-electron chi connectivity index (χ4n) is 8.95. The minimum absolute atomic E-state index is 0.642. The predicted molar refractivity (Wildman–Crippen MR) is 260 cm³/mol. The van der Waals surface area contributed by atoms with Crippen LogP contribution >= 0.6 is 11.3 Å². The van der Waals surface area contributed by atoms with Gasteiger partial charge in [0.25, 0.3) is 0 Å². The molecule has 5 heteroatoms. The first-order valence-corrected chi connectivity index (χ1v) is 21.7. The first-order chi connectivity index (χ1) is 30.7. The topological polar surface area (TPSA) is 43.6 Å². The monoisotopic (exact) mass is 808 g/mol. The summed E-state index contributed by atoms with van der Waals surface area (Å²) in [6, 6.07) is 77.5. The number of fused-ring (bicyclic) bond motifs is 6. The average Bonchev–Trinajstić information content (AvgIpc) is 3.91. The summed E-state index contributed by atoms with van der Waals surface area (Å²) < 4.78 is 4.79. The summed E-state index contributed by atoms with van der Waals surface area (Å²) in [7, 11) is 0. The van der Waals surface area contributed by atoms with Gasteiger partial charge in [-0.2, -0.15) is 0 Å². The standard InChI is InChI=1S/C57H36N4S/c1-6-18-37(19-7-1)44-31-32-46(57-59-55(39-22-10-3-11-23-39)58-56(60-57)40-24-12-4-13-25-40)52-49-36-42(35-47(53(49)62-54(44)52)38-20-8-2-9-21-38)41-30-33-51-48(34-41)45-28-16-17-29-50(45)61(51)43-26-14-5-15-27-43/h1-36H. The van der Waals surface area contributed by atoms with Crippen molar-refractivity contribution in [3.05, 3.63) is 218 Å². The van der Waals surface area contributed by atoms with E-state index in [9.17, 15) is 0 Å². The fourth-order valence-corrected chi connectivity index (χ4v) is 10.3. The molecule has 0 aliphatic heterocycles. The Morgan fingerprint density at radius 3 is 1.45 bits per heavy atom. The molecule has 0 aliphatic rings. The van der Waals surface area contributed by atoms with Crippen LogP contribution < -0.4 is 0 Å². The normalized spacial score (nSPS) is 11.5. The summed E-state index contributed by atoms with van der Waals surface area (Å²) in [6.45, 7) is 0. The van der Waals surface area contributed by atoms with Crippen LogP contribution in [-0.2, 0) is 0 Å². The number of aromatic nitrogens is 4. The highest BCUT2D eigenvalue weighted by Crippen LogP contribution is 2.49. The highest BCUT2D eigenvalue weighted by atomic mass is 32.1. The molecule has 0 saturated carbocycles. The van der Waals surface area contributed by atoms with Gasteiger partial charge in [-0.05, 0) is 76.3 Å². The fraction of sp³-hybridized carbons (Fsp3) is 0. The molecule has 0 saturated heterocycles. The van der Waals surface area contributed by atoms with Gasteiger partial charge < -0.3 is 4.57 Å². The highest BCUT2D eigenvalue weighted by molar-refractivity contribution is 7.27. The molecule has 0 fully saturated rings. The molecule has 0 radical (unpaired) electrons. The molecule has 9 aromatic carbocycles. The van der Waals surface area contributed by atoms with E-state index >= 15 is 0 Å². The van der Waals surface area contributed by atoms with Crippen LogP contribution in [0.3, 0.4) is 0 Å². The Labute approximate surface area is 362 Å². The minimum Gasteiger partial charge on any atom is -0.309 e. The Morgan fingerprint density at radius 2 is 0.806 bits per heavy atom. The van der Waals surface area contributed by atoms with Crippen molar-refractivity contribution in [1.82, 2.24) is 19.5 Å². The maximum atomic E-state index is 5.27. The van der Waals surface area contributed by atoms with Gasteiger partial charge >= 0.3 is 0 Å². The molecule has 62 heavy (non-hydrogen) atoms. The van der Waals surface area contributed by atoms with E-state index < -0.39 is 0 Å². The molecule has 0 bridgehead atoms. The van der Waals surface area contributed by atoms with Gasteiger partial charge in [-0.3, -0.25) is 0 Å². The third-order valence-corrected chi connectivity index (χ3v) is 13.1. The van der Waals surface area contributed by atoms with Crippen LogP contribution in [0.2, 0.25) is 0 Å². The SMILES string of the molecule is c1ccc(-c2nc(-c3ccccc3)nc(-c3ccc(-c4ccccc4)c4sc5c(-c6ccccc6)cc(-c6ccc7c(c6)c6ccccc6n7-c6ccccc6)cc5c34)n2)cc1. The Bertz CT molecular complexity index is 3540. The molecule has 0 amide bonds. The number of nitrogens with zero attached hydrogens (tertiary/aromatic N) is 4. The Kier molecular flexibility index (Phi) is 8.65. The molecule has 0 spiro atoms. The second-order valence-corrected chi connectivity index (χ2v) is 16.6. The van der Waals surface area contributed by atoms with Crippen LogP contribution in [-0.4, -0.2) is 19.5 Å². The lowest BCUT2D eigenvalue weighted by atomic mass is 9.93. The lowest BCUT2D eigenvalue weighted by Gasteiger charge is -2.12. The molecule has 4 nitrogen and oxygen atoms in total. The Hall–Kier alpha value is -7.99. The lowest BCUT2D eigenvalue weighted by molar-refractivity contribution is 1.08. The van der Waals surface area contributed by atoms with Crippen LogP contribution in [0.5, 0.6) is 0 Å². The molecule has 0 unspecified atom stereocenters. The van der Waals surface area contributed by atoms with Crippen molar-refractivity contribution in [3.63, 3.8) is 0 Å². The quantitative estimate of drug-likeness (QED) is 0.161. The summed E-state index contributed by atoms with van der Waals surface area (Å²) in [5, 5.41) is 4.75. The highest BCUT2D eigenvalue weighted by Gasteiger charge is 2.23. The Balaban J connectivity index is 1.16. The van der Waals surface area contributed by atoms with Crippen molar-refractivity contribution in [1.29, 1.82) is 0 Å². The number of rotatable bonds is 7. The van der Waals surface area contributed by atoms with Crippen molar-refractivity contribution in [3.8, 4) is 73.2 Å². The first kappa shape index (κ1) is 35.9. The van der Waals surface area contributed by atoms with Crippen LogP contribution in [0.15, 0.2) is 218 Å². The third-order valence-electron chi connectivity index (χ3n) is 11.9. The first-order valence-electron chi connectivity index (χ1n) is 20.9. The number of thiophene rings is 1. The summed E-state index contributed by atoms with van der Waals surface area (Å²) in [4.78, 5) is 15.6. The van der Waals surface area contributed by atoms with Crippen molar-refractivity contribution < 1.29 is 0 Å². The smallest absolute Gasteiger partial charge is 0.164 e. The second-order valence-electron chi connectivity index (χ2n) is 15.6. The molecule has 0 aliphatic carbocycles. The molecule has 12 rings (SSSR count). The Morgan fingerprint density at radius 1 is 0.306 bits per heavy atom. The predicted octanol–water partition coefficient (Wildman–Crippen LogP) is 15.3.